The van der Waals surface area contributed by atoms with Crippen LogP contribution in [0.2, 0.25) is 0 Å². The first-order valence-corrected chi connectivity index (χ1v) is 5.94. The minimum Gasteiger partial charge on any atom is -0.494 e. The van der Waals surface area contributed by atoms with Gasteiger partial charge in [-0.25, -0.2) is 0 Å². The molecule has 0 bridgehead atoms. The predicted molar refractivity (Wildman–Crippen MR) is 65.3 cm³/mol. The molecular weight excluding hydrogens is 216 g/mol. The first-order valence-electron chi connectivity index (χ1n) is 5.94. The number of ether oxygens (including phenoxy) is 1. The van der Waals surface area contributed by atoms with E-state index in [0.717, 1.165) is 11.3 Å². The molecule has 0 spiro atoms. The van der Waals surface area contributed by atoms with Gasteiger partial charge in [0.1, 0.15) is 5.75 Å². The molecular formula is C14H18O3. The average Bonchev–Trinajstić information content (AvgIpc) is 2.83. The first-order chi connectivity index (χ1) is 7.98. The zero-order chi connectivity index (χ0) is 12.6. The fourth-order valence-electron chi connectivity index (χ4n) is 2.69. The van der Waals surface area contributed by atoms with Gasteiger partial charge in [-0.1, -0.05) is 26.0 Å². The van der Waals surface area contributed by atoms with E-state index < -0.39 is 5.97 Å². The largest absolute Gasteiger partial charge is 0.494 e. The standard InChI is InChI=1S/C14H18O3/c1-4-17-10-7-5-6-9(8-10)11-12(13(15)16)14(11,2)3/h5-8,11-12H,4H2,1-3H3,(H,15,16). The highest BCUT2D eigenvalue weighted by molar-refractivity contribution is 5.77. The Morgan fingerprint density at radius 3 is 2.71 bits per heavy atom. The van der Waals surface area contributed by atoms with Gasteiger partial charge in [-0.05, 0) is 30.0 Å². The molecule has 92 valence electrons. The van der Waals surface area contributed by atoms with E-state index in [9.17, 15) is 4.79 Å². The van der Waals surface area contributed by atoms with E-state index in [0.29, 0.717) is 6.61 Å². The Bertz CT molecular complexity index is 437. The molecule has 1 fully saturated rings. The molecule has 1 aliphatic rings. The maximum Gasteiger partial charge on any atom is 0.307 e. The molecule has 1 aliphatic carbocycles. The molecule has 3 heteroatoms. The van der Waals surface area contributed by atoms with Gasteiger partial charge in [0, 0.05) is 5.92 Å². The molecule has 3 nitrogen and oxygen atoms in total. The number of hydrogen-bond donors (Lipinski definition) is 1. The van der Waals surface area contributed by atoms with Crippen molar-refractivity contribution < 1.29 is 14.6 Å². The molecule has 0 aliphatic heterocycles. The molecule has 0 heterocycles. The molecule has 1 N–H and O–H groups in total. The summed E-state index contributed by atoms with van der Waals surface area (Å²) in [6, 6.07) is 7.77. The number of carbonyl (C=O) groups is 1. The summed E-state index contributed by atoms with van der Waals surface area (Å²) in [6.45, 7) is 6.57. The summed E-state index contributed by atoms with van der Waals surface area (Å²) in [7, 11) is 0. The van der Waals surface area contributed by atoms with Crippen LogP contribution in [0.1, 0.15) is 32.3 Å². The fraction of sp³-hybridized carbons (Fsp3) is 0.500. The van der Waals surface area contributed by atoms with Gasteiger partial charge in [0.15, 0.2) is 0 Å². The minimum absolute atomic E-state index is 0.0976. The number of carboxylic acids is 1. The van der Waals surface area contributed by atoms with E-state index >= 15 is 0 Å². The number of aliphatic carboxylic acids is 1. The molecule has 2 rings (SSSR count). The molecule has 1 aromatic carbocycles. The Morgan fingerprint density at radius 1 is 1.47 bits per heavy atom. The zero-order valence-corrected chi connectivity index (χ0v) is 10.4. The van der Waals surface area contributed by atoms with Crippen LogP contribution in [0.25, 0.3) is 0 Å². The van der Waals surface area contributed by atoms with E-state index in [4.69, 9.17) is 9.84 Å². The van der Waals surface area contributed by atoms with Crippen LogP contribution in [0.5, 0.6) is 5.75 Å². The third-order valence-electron chi connectivity index (χ3n) is 3.62. The minimum atomic E-state index is -0.707. The van der Waals surface area contributed by atoms with E-state index in [2.05, 4.69) is 0 Å². The highest BCUT2D eigenvalue weighted by atomic mass is 16.5. The maximum absolute atomic E-state index is 11.1. The molecule has 1 saturated carbocycles. The van der Waals surface area contributed by atoms with Gasteiger partial charge in [-0.15, -0.1) is 0 Å². The molecule has 0 saturated heterocycles. The van der Waals surface area contributed by atoms with Crippen LogP contribution >= 0.6 is 0 Å². The third kappa shape index (κ3) is 2.02. The van der Waals surface area contributed by atoms with E-state index in [1.54, 1.807) is 0 Å². The highest BCUT2D eigenvalue weighted by Crippen LogP contribution is 2.64. The Labute approximate surface area is 101 Å². The van der Waals surface area contributed by atoms with Crippen molar-refractivity contribution in [2.45, 2.75) is 26.7 Å². The smallest absolute Gasteiger partial charge is 0.307 e. The molecule has 0 amide bonds. The van der Waals surface area contributed by atoms with Crippen molar-refractivity contribution in [3.8, 4) is 5.75 Å². The van der Waals surface area contributed by atoms with Gasteiger partial charge >= 0.3 is 5.97 Å². The first kappa shape index (κ1) is 12.0. The van der Waals surface area contributed by atoms with Crippen LogP contribution in [0.3, 0.4) is 0 Å². The Balaban J connectivity index is 2.24. The van der Waals surface area contributed by atoms with Crippen molar-refractivity contribution in [1.82, 2.24) is 0 Å². The number of hydrogen-bond acceptors (Lipinski definition) is 2. The summed E-state index contributed by atoms with van der Waals surface area (Å²) in [6.07, 6.45) is 0. The topological polar surface area (TPSA) is 46.5 Å². The van der Waals surface area contributed by atoms with E-state index in [-0.39, 0.29) is 17.3 Å². The second kappa shape index (κ2) is 4.06. The molecule has 0 radical (unpaired) electrons. The van der Waals surface area contributed by atoms with Crippen molar-refractivity contribution in [3.63, 3.8) is 0 Å². The molecule has 2 atom stereocenters. The van der Waals surface area contributed by atoms with Crippen LogP contribution in [0.4, 0.5) is 0 Å². The van der Waals surface area contributed by atoms with Crippen molar-refractivity contribution in [1.29, 1.82) is 0 Å². The fourth-order valence-corrected chi connectivity index (χ4v) is 2.69. The summed E-state index contributed by atoms with van der Waals surface area (Å²) in [5.41, 5.74) is 0.907. The quantitative estimate of drug-likeness (QED) is 0.871. The van der Waals surface area contributed by atoms with E-state index in [1.165, 1.54) is 0 Å². The van der Waals surface area contributed by atoms with Crippen molar-refractivity contribution >= 4 is 5.97 Å². The van der Waals surface area contributed by atoms with Crippen molar-refractivity contribution in [2.75, 3.05) is 6.61 Å². The van der Waals surface area contributed by atoms with Crippen LogP contribution in [-0.4, -0.2) is 17.7 Å². The summed E-state index contributed by atoms with van der Waals surface area (Å²) in [5, 5.41) is 9.16. The molecule has 2 unspecified atom stereocenters. The lowest BCUT2D eigenvalue weighted by atomic mass is 10.0. The zero-order valence-electron chi connectivity index (χ0n) is 10.4. The third-order valence-corrected chi connectivity index (χ3v) is 3.62. The van der Waals surface area contributed by atoms with Crippen LogP contribution in [0, 0.1) is 11.3 Å². The lowest BCUT2D eigenvalue weighted by Crippen LogP contribution is -2.03. The monoisotopic (exact) mass is 234 g/mol. The van der Waals surface area contributed by atoms with Gasteiger partial charge in [0.25, 0.3) is 0 Å². The summed E-state index contributed by atoms with van der Waals surface area (Å²) in [5.74, 6) is -0.0709. The Morgan fingerprint density at radius 2 is 2.18 bits per heavy atom. The normalized spacial score (nSPS) is 25.4. The number of rotatable bonds is 4. The van der Waals surface area contributed by atoms with Gasteiger partial charge < -0.3 is 9.84 Å². The predicted octanol–water partition coefficient (Wildman–Crippen LogP) is 2.91. The van der Waals surface area contributed by atoms with E-state index in [1.807, 2.05) is 45.0 Å². The molecule has 1 aromatic rings. The van der Waals surface area contributed by atoms with Crippen LogP contribution < -0.4 is 4.74 Å². The van der Waals surface area contributed by atoms with Gasteiger partial charge in [0.2, 0.25) is 0 Å². The summed E-state index contributed by atoms with van der Waals surface area (Å²) in [4.78, 5) is 11.1. The lowest BCUT2D eigenvalue weighted by molar-refractivity contribution is -0.139. The van der Waals surface area contributed by atoms with Crippen molar-refractivity contribution in [3.05, 3.63) is 29.8 Å². The second-order valence-corrected chi connectivity index (χ2v) is 5.12. The second-order valence-electron chi connectivity index (χ2n) is 5.12. The SMILES string of the molecule is CCOc1cccc(C2C(C(=O)O)C2(C)C)c1. The van der Waals surface area contributed by atoms with Crippen LogP contribution in [0.15, 0.2) is 24.3 Å². The maximum atomic E-state index is 11.1. The van der Waals surface area contributed by atoms with Gasteiger partial charge in [0.05, 0.1) is 12.5 Å². The van der Waals surface area contributed by atoms with Gasteiger partial charge in [-0.2, -0.15) is 0 Å². The summed E-state index contributed by atoms with van der Waals surface area (Å²) < 4.78 is 5.44. The Kier molecular flexibility index (Phi) is 2.86. The van der Waals surface area contributed by atoms with Crippen LogP contribution in [-0.2, 0) is 4.79 Å². The van der Waals surface area contributed by atoms with Crippen molar-refractivity contribution in [2.24, 2.45) is 11.3 Å². The number of carboxylic acid groups (broad SMARTS) is 1. The lowest BCUT2D eigenvalue weighted by Gasteiger charge is -2.06. The molecule has 0 aromatic heterocycles. The Hall–Kier alpha value is -1.51. The summed E-state index contributed by atoms with van der Waals surface area (Å²) >= 11 is 0. The highest BCUT2D eigenvalue weighted by Gasteiger charge is 2.62. The average molecular weight is 234 g/mol. The molecule has 17 heavy (non-hydrogen) atoms. The van der Waals surface area contributed by atoms with Gasteiger partial charge in [-0.3, -0.25) is 4.79 Å². The number of benzene rings is 1.